The molecule has 0 spiro atoms. The lowest BCUT2D eigenvalue weighted by molar-refractivity contribution is 0.0910. The standard InChI is InChI=1S/C29H24N2OS2/c32-29(17-16-22-10-4-1-5-11-22,20-25-18-27(33-30-25)23-12-6-2-7-13-23)21-26-19-28(34-31-26)24-14-8-3-9-15-24/h1-19,32H,20-21H2/b17-16+. The normalized spacial score (nSPS) is 11.8. The molecule has 0 aliphatic carbocycles. The van der Waals surface area contributed by atoms with E-state index in [4.69, 9.17) is 0 Å². The summed E-state index contributed by atoms with van der Waals surface area (Å²) in [5.41, 5.74) is 3.97. The molecule has 3 nitrogen and oxygen atoms in total. The van der Waals surface area contributed by atoms with Crippen LogP contribution in [0.5, 0.6) is 0 Å². The molecule has 3 aromatic carbocycles. The predicted molar refractivity (Wildman–Crippen MR) is 143 cm³/mol. The van der Waals surface area contributed by atoms with E-state index in [1.54, 1.807) is 0 Å². The third-order valence-corrected chi connectivity index (χ3v) is 7.35. The first-order valence-corrected chi connectivity index (χ1v) is 12.7. The molecule has 0 radical (unpaired) electrons. The number of nitrogens with zero attached hydrogens (tertiary/aromatic N) is 2. The zero-order valence-electron chi connectivity index (χ0n) is 18.5. The Morgan fingerprint density at radius 1 is 0.647 bits per heavy atom. The van der Waals surface area contributed by atoms with Gasteiger partial charge in [-0.15, -0.1) is 0 Å². The summed E-state index contributed by atoms with van der Waals surface area (Å²) in [5, 5.41) is 11.8. The fourth-order valence-electron chi connectivity index (χ4n) is 3.89. The maximum absolute atomic E-state index is 11.8. The van der Waals surface area contributed by atoms with Crippen molar-refractivity contribution in [1.29, 1.82) is 0 Å². The first kappa shape index (κ1) is 22.4. The lowest BCUT2D eigenvalue weighted by atomic mass is 9.90. The van der Waals surface area contributed by atoms with Crippen LogP contribution in [0.4, 0.5) is 0 Å². The average Bonchev–Trinajstić information content (AvgIpc) is 3.54. The van der Waals surface area contributed by atoms with Gasteiger partial charge in [0, 0.05) is 12.8 Å². The molecule has 0 fully saturated rings. The van der Waals surface area contributed by atoms with Gasteiger partial charge in [0.25, 0.3) is 0 Å². The average molecular weight is 481 g/mol. The largest absolute Gasteiger partial charge is 0.385 e. The number of benzene rings is 3. The topological polar surface area (TPSA) is 46.0 Å². The van der Waals surface area contributed by atoms with Gasteiger partial charge in [0.2, 0.25) is 0 Å². The van der Waals surface area contributed by atoms with Crippen molar-refractivity contribution in [3.63, 3.8) is 0 Å². The summed E-state index contributed by atoms with van der Waals surface area (Å²) in [6.45, 7) is 0. The monoisotopic (exact) mass is 480 g/mol. The van der Waals surface area contributed by atoms with E-state index in [-0.39, 0.29) is 0 Å². The van der Waals surface area contributed by atoms with Crippen LogP contribution in [0.3, 0.4) is 0 Å². The van der Waals surface area contributed by atoms with Crippen molar-refractivity contribution in [2.75, 3.05) is 0 Å². The molecule has 0 saturated heterocycles. The summed E-state index contributed by atoms with van der Waals surface area (Å²) < 4.78 is 9.31. The number of rotatable bonds is 8. The summed E-state index contributed by atoms with van der Waals surface area (Å²) in [6.07, 6.45) is 4.70. The van der Waals surface area contributed by atoms with Crippen LogP contribution in [-0.2, 0) is 12.8 Å². The highest BCUT2D eigenvalue weighted by molar-refractivity contribution is 7.09. The second kappa shape index (κ2) is 10.3. The van der Waals surface area contributed by atoms with Crippen molar-refractivity contribution in [2.45, 2.75) is 18.4 Å². The van der Waals surface area contributed by atoms with E-state index >= 15 is 0 Å². The van der Waals surface area contributed by atoms with Crippen molar-refractivity contribution >= 4 is 29.1 Å². The number of aromatic nitrogens is 2. The van der Waals surface area contributed by atoms with Gasteiger partial charge in [-0.3, -0.25) is 0 Å². The molecule has 5 rings (SSSR count). The lowest BCUT2D eigenvalue weighted by Crippen LogP contribution is -2.32. The van der Waals surface area contributed by atoms with E-state index < -0.39 is 5.60 Å². The third-order valence-electron chi connectivity index (χ3n) is 5.59. The second-order valence-electron chi connectivity index (χ2n) is 8.30. The molecule has 0 bridgehead atoms. The van der Waals surface area contributed by atoms with Gasteiger partial charge < -0.3 is 5.11 Å². The highest BCUT2D eigenvalue weighted by Crippen LogP contribution is 2.30. The fourth-order valence-corrected chi connectivity index (χ4v) is 5.42. The van der Waals surface area contributed by atoms with Crippen molar-refractivity contribution in [3.8, 4) is 20.9 Å². The summed E-state index contributed by atoms with van der Waals surface area (Å²) in [4.78, 5) is 2.20. The minimum atomic E-state index is -1.11. The molecule has 0 unspecified atom stereocenters. The Kier molecular flexibility index (Phi) is 6.77. The van der Waals surface area contributed by atoms with Gasteiger partial charge in [0.05, 0.1) is 26.7 Å². The number of aliphatic hydroxyl groups is 1. The van der Waals surface area contributed by atoms with Crippen molar-refractivity contribution in [2.24, 2.45) is 0 Å². The molecule has 2 heterocycles. The molecular weight excluding hydrogens is 456 g/mol. The summed E-state index contributed by atoms with van der Waals surface area (Å²) in [7, 11) is 0. The quantitative estimate of drug-likeness (QED) is 0.256. The van der Waals surface area contributed by atoms with E-state index in [9.17, 15) is 5.11 Å². The minimum absolute atomic E-state index is 0.415. The third kappa shape index (κ3) is 5.57. The van der Waals surface area contributed by atoms with Gasteiger partial charge in [-0.05, 0) is 51.9 Å². The van der Waals surface area contributed by atoms with E-state index in [1.165, 1.54) is 23.1 Å². The molecule has 2 aromatic heterocycles. The van der Waals surface area contributed by atoms with Gasteiger partial charge in [-0.2, -0.15) is 8.75 Å². The van der Waals surface area contributed by atoms with E-state index in [0.29, 0.717) is 12.8 Å². The van der Waals surface area contributed by atoms with Gasteiger partial charge in [-0.1, -0.05) is 103 Å². The smallest absolute Gasteiger partial charge is 0.0942 e. The van der Waals surface area contributed by atoms with E-state index in [2.05, 4.69) is 45.1 Å². The Hall–Kier alpha value is -3.38. The number of hydrogen-bond acceptors (Lipinski definition) is 5. The van der Waals surface area contributed by atoms with Crippen LogP contribution in [0, 0.1) is 0 Å². The van der Waals surface area contributed by atoms with Crippen LogP contribution in [0.15, 0.2) is 109 Å². The molecule has 5 aromatic rings. The maximum Gasteiger partial charge on any atom is 0.0942 e. The van der Waals surface area contributed by atoms with Crippen molar-refractivity contribution in [3.05, 3.63) is 126 Å². The van der Waals surface area contributed by atoms with Gasteiger partial charge in [0.1, 0.15) is 0 Å². The Labute approximate surface area is 208 Å². The molecule has 0 aliphatic rings. The summed E-state index contributed by atoms with van der Waals surface area (Å²) in [5.74, 6) is 0. The molecule has 0 amide bonds. The number of hydrogen-bond donors (Lipinski definition) is 1. The summed E-state index contributed by atoms with van der Waals surface area (Å²) >= 11 is 2.93. The van der Waals surface area contributed by atoms with Gasteiger partial charge >= 0.3 is 0 Å². The van der Waals surface area contributed by atoms with Gasteiger partial charge in [-0.25, -0.2) is 0 Å². The second-order valence-corrected chi connectivity index (χ2v) is 9.91. The zero-order valence-corrected chi connectivity index (χ0v) is 20.2. The molecule has 5 heteroatoms. The predicted octanol–water partition coefficient (Wildman–Crippen LogP) is 7.16. The Morgan fingerprint density at radius 2 is 1.09 bits per heavy atom. The molecular formula is C29H24N2OS2. The van der Waals surface area contributed by atoms with Crippen LogP contribution in [0.2, 0.25) is 0 Å². The van der Waals surface area contributed by atoms with E-state index in [1.807, 2.05) is 78.9 Å². The Morgan fingerprint density at radius 3 is 1.56 bits per heavy atom. The van der Waals surface area contributed by atoms with Crippen molar-refractivity contribution in [1.82, 2.24) is 8.75 Å². The zero-order chi connectivity index (χ0) is 23.2. The highest BCUT2D eigenvalue weighted by Gasteiger charge is 2.27. The van der Waals surface area contributed by atoms with Crippen molar-refractivity contribution < 1.29 is 5.11 Å². The minimum Gasteiger partial charge on any atom is -0.385 e. The molecule has 168 valence electrons. The Balaban J connectivity index is 1.41. The lowest BCUT2D eigenvalue weighted by Gasteiger charge is -2.23. The highest BCUT2D eigenvalue weighted by atomic mass is 32.1. The van der Waals surface area contributed by atoms with Crippen LogP contribution in [0.1, 0.15) is 17.0 Å². The molecule has 34 heavy (non-hydrogen) atoms. The summed E-state index contributed by atoms with van der Waals surface area (Å²) in [6, 6.07) is 34.7. The molecule has 0 aliphatic heterocycles. The van der Waals surface area contributed by atoms with Crippen LogP contribution >= 0.6 is 23.1 Å². The first-order valence-electron chi connectivity index (χ1n) is 11.2. The molecule has 1 N–H and O–H groups in total. The Bertz CT molecular complexity index is 1280. The van der Waals surface area contributed by atoms with Crippen LogP contribution in [0.25, 0.3) is 27.0 Å². The van der Waals surface area contributed by atoms with Crippen LogP contribution in [-0.4, -0.2) is 19.5 Å². The first-order chi connectivity index (χ1) is 16.7. The fraction of sp³-hybridized carbons (Fsp3) is 0.103. The van der Waals surface area contributed by atoms with E-state index in [0.717, 1.165) is 37.8 Å². The molecule has 0 atom stereocenters. The maximum atomic E-state index is 11.8. The van der Waals surface area contributed by atoms with Gasteiger partial charge in [0.15, 0.2) is 0 Å². The molecule has 0 saturated carbocycles. The SMILES string of the molecule is OC(/C=C/c1ccccc1)(Cc1cc(-c2ccccc2)sn1)Cc1cc(-c2ccccc2)sn1. The van der Waals surface area contributed by atoms with Crippen LogP contribution < -0.4 is 0 Å².